The Morgan fingerprint density at radius 2 is 0.704 bits per heavy atom. The molecular formula is C112H122N2O8S3. The summed E-state index contributed by atoms with van der Waals surface area (Å²) >= 11 is 3.63. The van der Waals surface area contributed by atoms with Crippen molar-refractivity contribution in [1.29, 1.82) is 0 Å². The van der Waals surface area contributed by atoms with Crippen LogP contribution in [0.2, 0.25) is 0 Å². The SMILES string of the molecule is COc1ccc2c(c1)C1(CC(C)(C)CC(C)(C)C1)c1c3c(c4cc(OC)c(Sc5c(C)cccc5C)cc4c1-2)OC(c1ccc(N2CCOCC2)cc1)(c1ccc(S(C)(C)c2ccc(C4(c5ccc(N6CCOCC6)cc5)CCc5c6c(c7cc(Sc8c(C)cccc8C)c(OC)cc7c5O4)-c4ccc(OC)cc4C64CC(C)(C)CC(C)(C)C4)cc2)cc1)CC3. The van der Waals surface area contributed by atoms with Gasteiger partial charge in [-0.3, -0.25) is 0 Å². The number of methoxy groups -OCH3 is 4. The molecule has 4 aliphatic carbocycles. The van der Waals surface area contributed by atoms with E-state index >= 15 is 0 Å². The molecular weight excluding hydrogens is 1600 g/mol. The second-order valence-corrected chi connectivity index (χ2v) is 46.8. The Labute approximate surface area is 751 Å². The zero-order valence-electron chi connectivity index (χ0n) is 76.6. The molecule has 2 saturated carbocycles. The highest BCUT2D eigenvalue weighted by Crippen LogP contribution is 2.71. The first-order valence-corrected chi connectivity index (χ1v) is 49.5. The summed E-state index contributed by atoms with van der Waals surface area (Å²) in [4.78, 5) is 12.2. The van der Waals surface area contributed by atoms with Crippen LogP contribution in [-0.4, -0.2) is 93.6 Å². The summed E-state index contributed by atoms with van der Waals surface area (Å²) in [7, 11) is 5.63. The third-order valence-electron chi connectivity index (χ3n) is 29.8. The quantitative estimate of drug-likeness (QED) is 0.0924. The number of nitrogens with zero attached hydrogens (tertiary/aromatic N) is 2. The number of rotatable bonds is 16. The van der Waals surface area contributed by atoms with E-state index in [1.165, 1.54) is 120 Å². The van der Waals surface area contributed by atoms with Crippen molar-refractivity contribution in [3.63, 3.8) is 0 Å². The molecule has 4 heterocycles. The molecule has 646 valence electrons. The first-order chi connectivity index (χ1) is 59.9. The third kappa shape index (κ3) is 13.9. The number of ether oxygens (including phenoxy) is 8. The largest absolute Gasteiger partial charge is 0.497 e. The van der Waals surface area contributed by atoms with Crippen LogP contribution in [0.5, 0.6) is 34.5 Å². The van der Waals surface area contributed by atoms with Crippen LogP contribution in [0, 0.1) is 49.4 Å². The molecule has 0 bridgehead atoms. The van der Waals surface area contributed by atoms with Crippen LogP contribution in [0.15, 0.2) is 223 Å². The van der Waals surface area contributed by atoms with E-state index in [9.17, 15) is 0 Å². The fourth-order valence-corrected chi connectivity index (χ4v) is 29.8. The highest BCUT2D eigenvalue weighted by atomic mass is 32.3. The van der Waals surface area contributed by atoms with Gasteiger partial charge in [-0.25, -0.2) is 0 Å². The summed E-state index contributed by atoms with van der Waals surface area (Å²) < 4.78 is 54.5. The lowest BCUT2D eigenvalue weighted by atomic mass is 9.52. The van der Waals surface area contributed by atoms with Crippen molar-refractivity contribution in [2.24, 2.45) is 21.7 Å². The normalized spacial score (nSPS) is 21.0. The van der Waals surface area contributed by atoms with E-state index in [-0.39, 0.29) is 32.5 Å². The van der Waals surface area contributed by atoms with Gasteiger partial charge in [-0.05, 0) is 322 Å². The second-order valence-electron chi connectivity index (χ2n) is 41.1. The zero-order chi connectivity index (χ0) is 86.9. The number of fused-ring (bicyclic) bond motifs is 20. The molecule has 125 heavy (non-hydrogen) atoms. The van der Waals surface area contributed by atoms with Crippen molar-refractivity contribution in [3.05, 3.63) is 272 Å². The number of morpholine rings is 2. The van der Waals surface area contributed by atoms with Crippen LogP contribution in [-0.2, 0) is 44.3 Å². The molecule has 4 fully saturated rings. The summed E-state index contributed by atoms with van der Waals surface area (Å²) in [6, 6.07) is 75.0. The van der Waals surface area contributed by atoms with Gasteiger partial charge in [0.1, 0.15) is 34.5 Å². The minimum atomic E-state index is -1.68. The average Bonchev–Trinajstić information content (AvgIpc) is 1.53. The zero-order valence-corrected chi connectivity index (χ0v) is 79.0. The van der Waals surface area contributed by atoms with Crippen molar-refractivity contribution in [1.82, 2.24) is 0 Å². The lowest BCUT2D eigenvalue weighted by molar-refractivity contribution is 0.0608. The second kappa shape index (κ2) is 30.9. The van der Waals surface area contributed by atoms with Crippen LogP contribution in [0.4, 0.5) is 11.4 Å². The minimum Gasteiger partial charge on any atom is -0.497 e. The standard InChI is InChI=1S/C112H122N2O8S3/c1-69-21-19-22-70(2)103(69)123-95-61-87-89(59-93(95)117-15)101-85(99-97(87)83-43-37-79(115-13)57-91(83)109(99)65-105(5,6)63-106(7,8)66-109)45-47-111(121-101,73-25-33-77(34-26-73)113-49-53-119-54-50-113)75-29-39-81(40-30-75)125(17,18)82-41-31-76(32-42-82)112(74-27-35-78(36-28-74)114-51-55-120-56-52-114)48-46-86-100-98(84-44-38-80(116-14)58-92(84)110(100)67-107(9,10)64-108(11,12)68-110)88-62-96(94(118-16)60-90(88)102(86)122-112)124-104-71(3)23-20-24-72(104)4/h19-44,57-62H,45-56,63-68H2,1-18H3. The van der Waals surface area contributed by atoms with Crippen LogP contribution in [0.1, 0.15) is 185 Å². The molecule has 2 unspecified atom stereocenters. The van der Waals surface area contributed by atoms with Crippen molar-refractivity contribution in [2.75, 3.05) is 103 Å². The van der Waals surface area contributed by atoms with Crippen LogP contribution >= 0.6 is 33.6 Å². The third-order valence-corrected chi connectivity index (χ3v) is 35.5. The van der Waals surface area contributed by atoms with E-state index in [1.54, 1.807) is 0 Å². The van der Waals surface area contributed by atoms with Gasteiger partial charge in [0.15, 0.2) is 11.2 Å². The monoisotopic (exact) mass is 1720 g/mol. The molecule has 0 aromatic heterocycles. The van der Waals surface area contributed by atoms with Gasteiger partial charge in [-0.2, -0.15) is 10.0 Å². The molecule has 0 radical (unpaired) electrons. The Bertz CT molecular complexity index is 5840. The Hall–Kier alpha value is -9.47. The van der Waals surface area contributed by atoms with Gasteiger partial charge in [0.05, 0.1) is 64.7 Å². The number of hydrogen-bond donors (Lipinski definition) is 0. The summed E-state index contributed by atoms with van der Waals surface area (Å²) in [5.41, 5.74) is 23.2. The molecule has 12 aromatic rings. The van der Waals surface area contributed by atoms with E-state index in [4.69, 9.17) is 37.9 Å². The van der Waals surface area contributed by atoms with E-state index < -0.39 is 21.2 Å². The van der Waals surface area contributed by atoms with Gasteiger partial charge in [0.25, 0.3) is 0 Å². The highest BCUT2D eigenvalue weighted by Gasteiger charge is 2.59. The predicted octanol–water partition coefficient (Wildman–Crippen LogP) is 27.3. The topological polar surface area (TPSA) is 80.3 Å². The first kappa shape index (κ1) is 83.7. The molecule has 8 aliphatic rings. The molecule has 0 N–H and O–H groups in total. The molecule has 12 aromatic carbocycles. The fraction of sp³-hybridized carbons (Fsp3) is 0.393. The van der Waals surface area contributed by atoms with E-state index in [2.05, 4.69) is 300 Å². The number of anilines is 2. The van der Waals surface area contributed by atoms with Crippen LogP contribution in [0.25, 0.3) is 43.8 Å². The Morgan fingerprint density at radius 1 is 0.368 bits per heavy atom. The van der Waals surface area contributed by atoms with Gasteiger partial charge < -0.3 is 47.7 Å². The Balaban J connectivity index is 0.730. The maximum atomic E-state index is 8.50. The Kier molecular flexibility index (Phi) is 20.7. The van der Waals surface area contributed by atoms with Gasteiger partial charge in [-0.1, -0.05) is 176 Å². The molecule has 2 spiro atoms. The van der Waals surface area contributed by atoms with Crippen molar-refractivity contribution in [3.8, 4) is 56.8 Å². The van der Waals surface area contributed by atoms with Crippen molar-refractivity contribution in [2.45, 2.75) is 199 Å². The summed E-state index contributed by atoms with van der Waals surface area (Å²) in [6.45, 7) is 35.3. The average molecular weight is 1720 g/mol. The summed E-state index contributed by atoms with van der Waals surface area (Å²) in [5, 5.41) is 4.54. The maximum Gasteiger partial charge on any atom is 0.159 e. The highest BCUT2D eigenvalue weighted by molar-refractivity contribution is 8.32. The molecule has 13 heteroatoms. The molecule has 4 aliphatic heterocycles. The smallest absolute Gasteiger partial charge is 0.159 e. The minimum absolute atomic E-state index is 0.0312. The molecule has 2 atom stereocenters. The lowest BCUT2D eigenvalue weighted by Crippen LogP contribution is -2.45. The van der Waals surface area contributed by atoms with Gasteiger partial charge in [-0.15, -0.1) is 0 Å². The van der Waals surface area contributed by atoms with Crippen LogP contribution < -0.4 is 38.2 Å². The van der Waals surface area contributed by atoms with E-state index in [1.807, 2.05) is 52.0 Å². The molecule has 10 nitrogen and oxygen atoms in total. The van der Waals surface area contributed by atoms with Crippen LogP contribution in [0.3, 0.4) is 0 Å². The van der Waals surface area contributed by atoms with E-state index in [0.29, 0.717) is 26.4 Å². The molecule has 20 rings (SSSR count). The molecule has 2 saturated heterocycles. The van der Waals surface area contributed by atoms with Gasteiger partial charge >= 0.3 is 0 Å². The van der Waals surface area contributed by atoms with Gasteiger partial charge in [0.2, 0.25) is 0 Å². The van der Waals surface area contributed by atoms with Crippen molar-refractivity contribution >= 4 is 66.5 Å². The maximum absolute atomic E-state index is 8.50. The number of hydrogen-bond acceptors (Lipinski definition) is 12. The summed E-state index contributed by atoms with van der Waals surface area (Å²) in [5.74, 6) is 5.37. The number of aryl methyl sites for hydroxylation is 4. The fourth-order valence-electron chi connectivity index (χ4n) is 25.7. The lowest BCUT2D eigenvalue weighted by Gasteiger charge is -2.52. The first-order valence-electron chi connectivity index (χ1n) is 45.4. The molecule has 0 amide bonds. The Morgan fingerprint density at radius 3 is 1.03 bits per heavy atom. The predicted molar refractivity (Wildman–Crippen MR) is 517 cm³/mol. The number of benzene rings is 12. The van der Waals surface area contributed by atoms with Crippen molar-refractivity contribution < 1.29 is 37.9 Å². The van der Waals surface area contributed by atoms with Gasteiger partial charge in [0, 0.05) is 91.2 Å². The van der Waals surface area contributed by atoms with E-state index in [0.717, 1.165) is 168 Å². The summed E-state index contributed by atoms with van der Waals surface area (Å²) in [6.07, 6.45) is 14.3.